The molecule has 0 atom stereocenters. The number of rotatable bonds is 4. The zero-order chi connectivity index (χ0) is 9.68. The normalized spacial score (nSPS) is 16.9. The van der Waals surface area contributed by atoms with Crippen molar-refractivity contribution in [1.82, 2.24) is 10.6 Å². The Bertz CT molecular complexity index is 209. The van der Waals surface area contributed by atoms with Gasteiger partial charge in [0.15, 0.2) is 5.96 Å². The van der Waals surface area contributed by atoms with Gasteiger partial charge in [-0.2, -0.15) is 0 Å². The third-order valence-corrected chi connectivity index (χ3v) is 2.21. The van der Waals surface area contributed by atoms with Crippen molar-refractivity contribution in [3.05, 3.63) is 11.1 Å². The molecule has 3 nitrogen and oxygen atoms in total. The molecule has 0 bridgehead atoms. The van der Waals surface area contributed by atoms with E-state index in [1.54, 1.807) is 7.05 Å². The lowest BCUT2D eigenvalue weighted by atomic mass is 10.4. The summed E-state index contributed by atoms with van der Waals surface area (Å²) in [5.41, 5.74) is 0. The lowest BCUT2D eigenvalue weighted by molar-refractivity contribution is 0.749. The van der Waals surface area contributed by atoms with E-state index in [0.717, 1.165) is 22.9 Å². The number of halogens is 1. The highest BCUT2D eigenvalue weighted by Crippen LogP contribution is 2.27. The molecule has 0 aliphatic heterocycles. The van der Waals surface area contributed by atoms with Crippen LogP contribution in [0.25, 0.3) is 0 Å². The highest BCUT2D eigenvalue weighted by atomic mass is 79.9. The van der Waals surface area contributed by atoms with Crippen LogP contribution in [0.1, 0.15) is 12.8 Å². The first-order valence-electron chi connectivity index (χ1n) is 4.50. The Balaban J connectivity index is 2.13. The molecular formula is C9H16BrN3. The van der Waals surface area contributed by atoms with E-state index in [0.29, 0.717) is 6.54 Å². The maximum atomic E-state index is 4.09. The van der Waals surface area contributed by atoms with Gasteiger partial charge in [-0.05, 0) is 18.8 Å². The molecule has 0 aromatic rings. The molecule has 74 valence electrons. The van der Waals surface area contributed by atoms with Gasteiger partial charge in [0.2, 0.25) is 0 Å². The Hall–Kier alpha value is -0.510. The smallest absolute Gasteiger partial charge is 0.191 e. The maximum absolute atomic E-state index is 4.09. The van der Waals surface area contributed by atoms with E-state index in [9.17, 15) is 0 Å². The highest BCUT2D eigenvalue weighted by molar-refractivity contribution is 9.11. The second-order valence-electron chi connectivity index (χ2n) is 3.27. The zero-order valence-corrected chi connectivity index (χ0v) is 9.52. The topological polar surface area (TPSA) is 36.4 Å². The van der Waals surface area contributed by atoms with Gasteiger partial charge in [-0.3, -0.25) is 4.99 Å². The van der Waals surface area contributed by atoms with Gasteiger partial charge in [-0.1, -0.05) is 22.5 Å². The van der Waals surface area contributed by atoms with Crippen molar-refractivity contribution >= 4 is 21.9 Å². The van der Waals surface area contributed by atoms with E-state index in [2.05, 4.69) is 38.1 Å². The van der Waals surface area contributed by atoms with Crippen molar-refractivity contribution in [1.29, 1.82) is 0 Å². The first-order valence-corrected chi connectivity index (χ1v) is 5.29. The molecule has 0 spiro atoms. The lowest BCUT2D eigenvalue weighted by Gasteiger charge is -2.10. The quantitative estimate of drug-likeness (QED) is 0.582. The van der Waals surface area contributed by atoms with Crippen molar-refractivity contribution in [2.75, 3.05) is 20.1 Å². The average molecular weight is 246 g/mol. The molecule has 2 N–H and O–H groups in total. The van der Waals surface area contributed by atoms with Crippen molar-refractivity contribution < 1.29 is 0 Å². The third-order valence-electron chi connectivity index (χ3n) is 1.93. The van der Waals surface area contributed by atoms with Crippen LogP contribution in [0.4, 0.5) is 0 Å². The van der Waals surface area contributed by atoms with Crippen LogP contribution in [0.15, 0.2) is 16.1 Å². The van der Waals surface area contributed by atoms with Crippen molar-refractivity contribution in [2.24, 2.45) is 10.9 Å². The molecule has 1 aliphatic rings. The second kappa shape index (κ2) is 5.27. The van der Waals surface area contributed by atoms with Gasteiger partial charge in [-0.25, -0.2) is 0 Å². The fraction of sp³-hybridized carbons (Fsp3) is 0.667. The number of guanidine groups is 1. The van der Waals surface area contributed by atoms with Crippen molar-refractivity contribution in [3.8, 4) is 0 Å². The Morgan fingerprint density at radius 3 is 2.69 bits per heavy atom. The standard InChI is InChI=1S/C9H16BrN3/c1-7(10)5-12-9(11-2)13-6-8-3-4-8/h8H,1,3-6H2,2H3,(H2,11,12,13). The molecule has 1 saturated carbocycles. The predicted molar refractivity (Wildman–Crippen MR) is 60.2 cm³/mol. The van der Waals surface area contributed by atoms with E-state index >= 15 is 0 Å². The molecule has 0 heterocycles. The van der Waals surface area contributed by atoms with Gasteiger partial charge >= 0.3 is 0 Å². The second-order valence-corrected chi connectivity index (χ2v) is 4.39. The van der Waals surface area contributed by atoms with E-state index in [4.69, 9.17) is 0 Å². The fourth-order valence-electron chi connectivity index (χ4n) is 0.963. The van der Waals surface area contributed by atoms with Gasteiger partial charge in [0.1, 0.15) is 0 Å². The van der Waals surface area contributed by atoms with Crippen LogP contribution in [-0.4, -0.2) is 26.1 Å². The van der Waals surface area contributed by atoms with Crippen molar-refractivity contribution in [3.63, 3.8) is 0 Å². The van der Waals surface area contributed by atoms with Crippen LogP contribution < -0.4 is 10.6 Å². The number of aliphatic imine (C=N–C) groups is 1. The number of hydrogen-bond donors (Lipinski definition) is 2. The largest absolute Gasteiger partial charge is 0.356 e. The summed E-state index contributed by atoms with van der Waals surface area (Å²) >= 11 is 3.28. The molecule has 0 aromatic heterocycles. The maximum Gasteiger partial charge on any atom is 0.191 e. The van der Waals surface area contributed by atoms with Gasteiger partial charge in [0, 0.05) is 24.6 Å². The molecule has 1 fully saturated rings. The van der Waals surface area contributed by atoms with Crippen LogP contribution in [0.3, 0.4) is 0 Å². The van der Waals surface area contributed by atoms with Crippen LogP contribution >= 0.6 is 15.9 Å². The minimum Gasteiger partial charge on any atom is -0.356 e. The number of hydrogen-bond acceptors (Lipinski definition) is 1. The summed E-state index contributed by atoms with van der Waals surface area (Å²) in [6.07, 6.45) is 2.71. The SMILES string of the molecule is C=C(Br)CNC(=NC)NCC1CC1. The van der Waals surface area contributed by atoms with Crippen molar-refractivity contribution in [2.45, 2.75) is 12.8 Å². The van der Waals surface area contributed by atoms with E-state index in [-0.39, 0.29) is 0 Å². The summed E-state index contributed by atoms with van der Waals surface area (Å²) in [5, 5.41) is 6.41. The minimum absolute atomic E-state index is 0.713. The lowest BCUT2D eigenvalue weighted by Crippen LogP contribution is -2.38. The minimum atomic E-state index is 0.713. The Morgan fingerprint density at radius 2 is 2.23 bits per heavy atom. The van der Waals surface area contributed by atoms with Crippen LogP contribution in [0, 0.1) is 5.92 Å². The molecule has 1 rings (SSSR count). The fourth-order valence-corrected chi connectivity index (χ4v) is 1.10. The summed E-state index contributed by atoms with van der Waals surface area (Å²) in [6, 6.07) is 0. The highest BCUT2D eigenvalue weighted by Gasteiger charge is 2.20. The number of nitrogens with zero attached hydrogens (tertiary/aromatic N) is 1. The monoisotopic (exact) mass is 245 g/mol. The molecule has 0 radical (unpaired) electrons. The summed E-state index contributed by atoms with van der Waals surface area (Å²) < 4.78 is 0.932. The summed E-state index contributed by atoms with van der Waals surface area (Å²) in [4.78, 5) is 4.09. The first-order chi connectivity index (χ1) is 6.22. The molecule has 13 heavy (non-hydrogen) atoms. The van der Waals surface area contributed by atoms with Crippen LogP contribution in [0.2, 0.25) is 0 Å². The molecule has 1 aliphatic carbocycles. The zero-order valence-electron chi connectivity index (χ0n) is 7.94. The van der Waals surface area contributed by atoms with Crippen LogP contribution in [-0.2, 0) is 0 Å². The van der Waals surface area contributed by atoms with E-state index in [1.807, 2.05) is 0 Å². The van der Waals surface area contributed by atoms with Gasteiger partial charge in [0.25, 0.3) is 0 Å². The molecule has 0 saturated heterocycles. The number of nitrogens with one attached hydrogen (secondary N) is 2. The average Bonchev–Trinajstić information content (AvgIpc) is 2.88. The van der Waals surface area contributed by atoms with Gasteiger partial charge in [-0.15, -0.1) is 0 Å². The summed E-state index contributed by atoms with van der Waals surface area (Å²) in [7, 11) is 1.78. The Labute approximate surface area is 87.8 Å². The van der Waals surface area contributed by atoms with Crippen LogP contribution in [0.5, 0.6) is 0 Å². The molecule has 4 heteroatoms. The molecule has 0 amide bonds. The summed E-state index contributed by atoms with van der Waals surface area (Å²) in [6.45, 7) is 5.49. The molecule has 0 aromatic carbocycles. The molecule has 0 unspecified atom stereocenters. The Morgan fingerprint density at radius 1 is 1.54 bits per heavy atom. The van der Waals surface area contributed by atoms with Gasteiger partial charge < -0.3 is 10.6 Å². The predicted octanol–water partition coefficient (Wildman–Crippen LogP) is 1.47. The Kier molecular flexibility index (Phi) is 4.28. The third kappa shape index (κ3) is 4.93. The first kappa shape index (κ1) is 10.6. The van der Waals surface area contributed by atoms with Gasteiger partial charge in [0.05, 0.1) is 0 Å². The van der Waals surface area contributed by atoms with E-state index in [1.165, 1.54) is 12.8 Å². The molecular weight excluding hydrogens is 230 g/mol. The van der Waals surface area contributed by atoms with E-state index < -0.39 is 0 Å². The summed E-state index contributed by atoms with van der Waals surface area (Å²) in [5.74, 6) is 1.72.